The molecule has 5 nitrogen and oxygen atoms in total. The van der Waals surface area contributed by atoms with Gasteiger partial charge in [-0.05, 0) is 41.0 Å². The van der Waals surface area contributed by atoms with Crippen molar-refractivity contribution >= 4 is 28.9 Å². The van der Waals surface area contributed by atoms with E-state index in [2.05, 4.69) is 0 Å². The number of hydrogen-bond acceptors (Lipinski definition) is 4. The van der Waals surface area contributed by atoms with Crippen LogP contribution in [0.2, 0.25) is 0 Å². The standard InChI is InChI=1S/C28H22N2O3/c1-29(25-10-6-3-7-11-25)26-18-12-21(20-27(26)30(32)33)13-19-28(31)24-16-14-23(15-17-24)22-8-4-2-5-9-22/h2-20H,1H3/b19-13+. The highest BCUT2D eigenvalue weighted by atomic mass is 16.6. The van der Waals surface area contributed by atoms with E-state index in [1.54, 1.807) is 42.3 Å². The summed E-state index contributed by atoms with van der Waals surface area (Å²) in [6.07, 6.45) is 3.05. The largest absolute Gasteiger partial charge is 0.339 e. The molecule has 4 aromatic carbocycles. The van der Waals surface area contributed by atoms with Gasteiger partial charge in [0.05, 0.1) is 4.92 Å². The Hall–Kier alpha value is -4.51. The van der Waals surface area contributed by atoms with Gasteiger partial charge in [0, 0.05) is 24.4 Å². The lowest BCUT2D eigenvalue weighted by Crippen LogP contribution is -2.11. The van der Waals surface area contributed by atoms with E-state index in [9.17, 15) is 14.9 Å². The maximum atomic E-state index is 12.6. The highest BCUT2D eigenvalue weighted by Crippen LogP contribution is 2.33. The van der Waals surface area contributed by atoms with Crippen molar-refractivity contribution in [2.45, 2.75) is 0 Å². The molecule has 5 heteroatoms. The minimum absolute atomic E-state index is 0.0248. The number of nitro groups is 1. The maximum absolute atomic E-state index is 12.6. The second-order valence-electron chi connectivity index (χ2n) is 7.54. The van der Waals surface area contributed by atoms with Crippen LogP contribution in [0.1, 0.15) is 15.9 Å². The fourth-order valence-electron chi connectivity index (χ4n) is 3.59. The first-order chi connectivity index (χ1) is 16.0. The number of rotatable bonds is 7. The number of benzene rings is 4. The molecule has 4 aromatic rings. The summed E-state index contributed by atoms with van der Waals surface area (Å²) in [6, 6.07) is 31.7. The van der Waals surface area contributed by atoms with E-state index in [1.165, 1.54) is 12.1 Å². The van der Waals surface area contributed by atoms with Crippen LogP contribution in [0.25, 0.3) is 17.2 Å². The smallest absolute Gasteiger partial charge is 0.293 e. The van der Waals surface area contributed by atoms with Gasteiger partial charge in [-0.2, -0.15) is 0 Å². The third kappa shape index (κ3) is 5.05. The van der Waals surface area contributed by atoms with E-state index in [0.717, 1.165) is 16.8 Å². The molecule has 0 amide bonds. The topological polar surface area (TPSA) is 63.5 Å². The summed E-state index contributed by atoms with van der Waals surface area (Å²) >= 11 is 0. The zero-order chi connectivity index (χ0) is 23.2. The van der Waals surface area contributed by atoms with Crippen LogP contribution in [0.3, 0.4) is 0 Å². The Kier molecular flexibility index (Phi) is 6.41. The number of allylic oxidation sites excluding steroid dienone is 1. The Balaban J connectivity index is 1.53. The number of anilines is 2. The number of nitro benzene ring substituents is 1. The van der Waals surface area contributed by atoms with Gasteiger partial charge in [-0.1, -0.05) is 84.9 Å². The molecule has 0 atom stereocenters. The number of hydrogen-bond donors (Lipinski definition) is 0. The van der Waals surface area contributed by atoms with Crippen LogP contribution in [0.5, 0.6) is 0 Å². The van der Waals surface area contributed by atoms with Crippen LogP contribution in [0, 0.1) is 10.1 Å². The van der Waals surface area contributed by atoms with Crippen LogP contribution in [0.15, 0.2) is 109 Å². The summed E-state index contributed by atoms with van der Waals surface area (Å²) in [5, 5.41) is 11.7. The molecule has 0 unspecified atom stereocenters. The molecule has 0 fully saturated rings. The second-order valence-corrected chi connectivity index (χ2v) is 7.54. The third-order valence-corrected chi connectivity index (χ3v) is 5.40. The van der Waals surface area contributed by atoms with Crippen molar-refractivity contribution in [1.82, 2.24) is 0 Å². The fourth-order valence-corrected chi connectivity index (χ4v) is 3.59. The van der Waals surface area contributed by atoms with Crippen molar-refractivity contribution in [3.05, 3.63) is 130 Å². The molecule has 0 aliphatic carbocycles. The van der Waals surface area contributed by atoms with Gasteiger partial charge in [0.2, 0.25) is 0 Å². The van der Waals surface area contributed by atoms with E-state index in [4.69, 9.17) is 0 Å². The number of carbonyl (C=O) groups excluding carboxylic acids is 1. The molecule has 0 aromatic heterocycles. The van der Waals surface area contributed by atoms with E-state index < -0.39 is 4.92 Å². The lowest BCUT2D eigenvalue weighted by atomic mass is 10.0. The van der Waals surface area contributed by atoms with Crippen molar-refractivity contribution in [2.24, 2.45) is 0 Å². The summed E-state index contributed by atoms with van der Waals surface area (Å²) in [6.45, 7) is 0. The van der Waals surface area contributed by atoms with Crippen molar-refractivity contribution in [3.63, 3.8) is 0 Å². The van der Waals surface area contributed by atoms with Gasteiger partial charge in [0.1, 0.15) is 5.69 Å². The number of ketones is 1. The van der Waals surface area contributed by atoms with Crippen LogP contribution in [-0.2, 0) is 0 Å². The number of nitrogens with zero attached hydrogens (tertiary/aromatic N) is 2. The van der Waals surface area contributed by atoms with E-state index in [1.807, 2.05) is 72.8 Å². The molecule has 0 heterocycles. The first kappa shape index (κ1) is 21.7. The lowest BCUT2D eigenvalue weighted by molar-refractivity contribution is -0.384. The van der Waals surface area contributed by atoms with Crippen molar-refractivity contribution in [3.8, 4) is 11.1 Å². The SMILES string of the molecule is CN(c1ccccc1)c1ccc(/C=C/C(=O)c2ccc(-c3ccccc3)cc2)cc1[N+](=O)[O-]. The average Bonchev–Trinajstić information content (AvgIpc) is 2.88. The lowest BCUT2D eigenvalue weighted by Gasteiger charge is -2.19. The predicted octanol–water partition coefficient (Wildman–Crippen LogP) is 6.93. The quantitative estimate of drug-likeness (QED) is 0.137. The van der Waals surface area contributed by atoms with Crippen molar-refractivity contribution in [1.29, 1.82) is 0 Å². The minimum Gasteiger partial charge on any atom is -0.339 e. The van der Waals surface area contributed by atoms with Gasteiger partial charge in [-0.3, -0.25) is 14.9 Å². The molecule has 0 saturated carbocycles. The van der Waals surface area contributed by atoms with Gasteiger partial charge in [-0.15, -0.1) is 0 Å². The molecule has 0 radical (unpaired) electrons. The summed E-state index contributed by atoms with van der Waals surface area (Å²) < 4.78 is 0. The third-order valence-electron chi connectivity index (χ3n) is 5.40. The minimum atomic E-state index is -0.407. The highest BCUT2D eigenvalue weighted by Gasteiger charge is 2.18. The maximum Gasteiger partial charge on any atom is 0.293 e. The summed E-state index contributed by atoms with van der Waals surface area (Å²) in [7, 11) is 1.79. The first-order valence-electron chi connectivity index (χ1n) is 10.5. The van der Waals surface area contributed by atoms with Crippen LogP contribution < -0.4 is 4.90 Å². The molecule has 162 valence electrons. The predicted molar refractivity (Wildman–Crippen MR) is 133 cm³/mol. The number of carbonyl (C=O) groups is 1. The Morgan fingerprint density at radius 1 is 0.818 bits per heavy atom. The van der Waals surface area contributed by atoms with E-state index >= 15 is 0 Å². The van der Waals surface area contributed by atoms with E-state index in [-0.39, 0.29) is 11.5 Å². The van der Waals surface area contributed by atoms with Crippen molar-refractivity contribution < 1.29 is 9.72 Å². The fraction of sp³-hybridized carbons (Fsp3) is 0.0357. The monoisotopic (exact) mass is 434 g/mol. The zero-order valence-electron chi connectivity index (χ0n) is 18.1. The molecule has 0 bridgehead atoms. The summed E-state index contributed by atoms with van der Waals surface area (Å²) in [4.78, 5) is 25.7. The molecule has 0 saturated heterocycles. The van der Waals surface area contributed by atoms with Crippen LogP contribution >= 0.6 is 0 Å². The van der Waals surface area contributed by atoms with Gasteiger partial charge in [0.25, 0.3) is 5.69 Å². The van der Waals surface area contributed by atoms with Gasteiger partial charge in [0.15, 0.2) is 5.78 Å². The zero-order valence-corrected chi connectivity index (χ0v) is 18.1. The first-order valence-corrected chi connectivity index (χ1v) is 10.5. The molecule has 33 heavy (non-hydrogen) atoms. The Morgan fingerprint density at radius 2 is 1.42 bits per heavy atom. The van der Waals surface area contributed by atoms with Gasteiger partial charge < -0.3 is 4.90 Å². The molecule has 0 aliphatic heterocycles. The number of para-hydroxylation sites is 1. The van der Waals surface area contributed by atoms with Crippen LogP contribution in [0.4, 0.5) is 17.1 Å². The van der Waals surface area contributed by atoms with Crippen molar-refractivity contribution in [2.75, 3.05) is 11.9 Å². The summed E-state index contributed by atoms with van der Waals surface area (Å²) in [5.41, 5.74) is 4.55. The molecule has 0 N–H and O–H groups in total. The Labute approximate surface area is 192 Å². The molecule has 0 aliphatic rings. The Morgan fingerprint density at radius 3 is 2.06 bits per heavy atom. The molecular formula is C28H22N2O3. The highest BCUT2D eigenvalue weighted by molar-refractivity contribution is 6.07. The second kappa shape index (κ2) is 9.75. The Bertz CT molecular complexity index is 1300. The van der Waals surface area contributed by atoms with Gasteiger partial charge in [-0.25, -0.2) is 0 Å². The van der Waals surface area contributed by atoms with E-state index in [0.29, 0.717) is 16.8 Å². The summed E-state index contributed by atoms with van der Waals surface area (Å²) in [5.74, 6) is -0.164. The van der Waals surface area contributed by atoms with Gasteiger partial charge >= 0.3 is 0 Å². The molecule has 0 spiro atoms. The molecule has 4 rings (SSSR count). The van der Waals surface area contributed by atoms with Crippen LogP contribution in [-0.4, -0.2) is 17.8 Å². The molecular weight excluding hydrogens is 412 g/mol. The normalized spacial score (nSPS) is 10.8. The average molecular weight is 434 g/mol.